The van der Waals surface area contributed by atoms with Gasteiger partial charge in [-0.15, -0.1) is 5.10 Å². The molecular formula is C10H13N3O. The third kappa shape index (κ3) is 2.43. The molecule has 14 heavy (non-hydrogen) atoms. The topological polar surface area (TPSA) is 58.8 Å². The lowest BCUT2D eigenvalue weighted by atomic mass is 10.1. The van der Waals surface area contributed by atoms with Gasteiger partial charge in [0.15, 0.2) is 0 Å². The minimum absolute atomic E-state index is 0.307. The Morgan fingerprint density at radius 3 is 2.86 bits per heavy atom. The average molecular weight is 191 g/mol. The maximum atomic E-state index is 8.79. The van der Waals surface area contributed by atoms with E-state index in [0.29, 0.717) is 11.4 Å². The lowest BCUT2D eigenvalue weighted by molar-refractivity contribution is 0.0972. The number of hydrogen-bond donors (Lipinski definition) is 0. The molecule has 0 N–H and O–H groups in total. The number of ether oxygens (including phenoxy) is 1. The minimum atomic E-state index is -0.318. The van der Waals surface area contributed by atoms with Gasteiger partial charge < -0.3 is 4.74 Å². The Morgan fingerprint density at radius 1 is 1.57 bits per heavy atom. The Balaban J connectivity index is 2.92. The Hall–Kier alpha value is -1.63. The first-order valence-corrected chi connectivity index (χ1v) is 4.50. The third-order valence-corrected chi connectivity index (χ3v) is 2.03. The van der Waals surface area contributed by atoms with Gasteiger partial charge in [0.2, 0.25) is 0 Å². The van der Waals surface area contributed by atoms with Crippen LogP contribution in [0.3, 0.4) is 0 Å². The monoisotopic (exact) mass is 191 g/mol. The van der Waals surface area contributed by atoms with Gasteiger partial charge in [0, 0.05) is 0 Å². The summed E-state index contributed by atoms with van der Waals surface area (Å²) in [5, 5.41) is 16.3. The van der Waals surface area contributed by atoms with E-state index in [1.807, 2.05) is 26.8 Å². The number of aromatic nitrogens is 2. The van der Waals surface area contributed by atoms with E-state index in [0.717, 1.165) is 6.42 Å². The molecule has 0 aliphatic carbocycles. The molecule has 0 atom stereocenters. The minimum Gasteiger partial charge on any atom is -0.470 e. The van der Waals surface area contributed by atoms with Gasteiger partial charge in [-0.25, -0.2) is 0 Å². The summed E-state index contributed by atoms with van der Waals surface area (Å²) in [5.41, 5.74) is 0.100. The second-order valence-corrected chi connectivity index (χ2v) is 3.58. The SMILES string of the molecule is CCC(C)(C)Oc1nnccc1C#N. The summed E-state index contributed by atoms with van der Waals surface area (Å²) in [5.74, 6) is 0.307. The lowest BCUT2D eigenvalue weighted by Crippen LogP contribution is -2.27. The molecule has 0 aliphatic heterocycles. The highest BCUT2D eigenvalue weighted by molar-refractivity contribution is 5.35. The van der Waals surface area contributed by atoms with Crippen molar-refractivity contribution in [3.05, 3.63) is 17.8 Å². The maximum Gasteiger partial charge on any atom is 0.252 e. The van der Waals surface area contributed by atoms with Gasteiger partial charge in [0.05, 0.1) is 6.20 Å². The molecule has 4 heteroatoms. The largest absolute Gasteiger partial charge is 0.470 e. The molecule has 0 aliphatic rings. The summed E-state index contributed by atoms with van der Waals surface area (Å²) in [7, 11) is 0. The van der Waals surface area contributed by atoms with Gasteiger partial charge in [-0.1, -0.05) is 6.92 Å². The molecule has 0 unspecified atom stereocenters. The van der Waals surface area contributed by atoms with Crippen molar-refractivity contribution in [3.63, 3.8) is 0 Å². The summed E-state index contributed by atoms with van der Waals surface area (Å²) in [6, 6.07) is 3.61. The number of nitrogens with zero attached hydrogens (tertiary/aromatic N) is 3. The quantitative estimate of drug-likeness (QED) is 0.732. The van der Waals surface area contributed by atoms with Crippen molar-refractivity contribution in [2.75, 3.05) is 0 Å². The molecule has 0 amide bonds. The first kappa shape index (κ1) is 10.5. The van der Waals surface area contributed by atoms with Crippen molar-refractivity contribution in [2.24, 2.45) is 0 Å². The van der Waals surface area contributed by atoms with Gasteiger partial charge in [-0.2, -0.15) is 10.4 Å². The van der Waals surface area contributed by atoms with Crippen molar-refractivity contribution >= 4 is 0 Å². The van der Waals surface area contributed by atoms with Crippen LogP contribution in [0.5, 0.6) is 5.88 Å². The van der Waals surface area contributed by atoms with Crippen molar-refractivity contribution < 1.29 is 4.74 Å². The molecule has 0 aromatic carbocycles. The van der Waals surface area contributed by atoms with E-state index in [9.17, 15) is 0 Å². The Bertz CT molecular complexity index is 355. The Labute approximate surface area is 83.5 Å². The highest BCUT2D eigenvalue weighted by Gasteiger charge is 2.19. The van der Waals surface area contributed by atoms with E-state index < -0.39 is 0 Å². The smallest absolute Gasteiger partial charge is 0.252 e. The average Bonchev–Trinajstić information content (AvgIpc) is 2.18. The van der Waals surface area contributed by atoms with E-state index in [4.69, 9.17) is 10.00 Å². The zero-order valence-electron chi connectivity index (χ0n) is 8.61. The molecular weight excluding hydrogens is 178 g/mol. The lowest BCUT2D eigenvalue weighted by Gasteiger charge is -2.23. The standard InChI is InChI=1S/C10H13N3O/c1-4-10(2,3)14-9-8(7-11)5-6-12-13-9/h5-6H,4H2,1-3H3. The molecule has 74 valence electrons. The fraction of sp³-hybridized carbons (Fsp3) is 0.500. The van der Waals surface area contributed by atoms with Crippen LogP contribution in [0.25, 0.3) is 0 Å². The predicted molar refractivity (Wildman–Crippen MR) is 51.7 cm³/mol. The van der Waals surface area contributed by atoms with Crippen molar-refractivity contribution in [1.29, 1.82) is 5.26 Å². The predicted octanol–water partition coefficient (Wildman–Crippen LogP) is 1.92. The van der Waals surface area contributed by atoms with Crippen LogP contribution in [0, 0.1) is 11.3 Å². The first-order valence-electron chi connectivity index (χ1n) is 4.50. The Morgan fingerprint density at radius 2 is 2.29 bits per heavy atom. The highest BCUT2D eigenvalue weighted by Crippen LogP contribution is 2.20. The fourth-order valence-corrected chi connectivity index (χ4v) is 0.813. The summed E-state index contributed by atoms with van der Waals surface area (Å²) >= 11 is 0. The van der Waals surface area contributed by atoms with Crippen molar-refractivity contribution in [3.8, 4) is 11.9 Å². The van der Waals surface area contributed by atoms with Crippen LogP contribution in [0.15, 0.2) is 12.3 Å². The maximum absolute atomic E-state index is 8.79. The molecule has 0 fully saturated rings. The molecule has 1 aromatic heterocycles. The molecule has 1 heterocycles. The third-order valence-electron chi connectivity index (χ3n) is 2.03. The normalized spacial score (nSPS) is 10.7. The van der Waals surface area contributed by atoms with Crippen LogP contribution in [0.1, 0.15) is 32.8 Å². The second-order valence-electron chi connectivity index (χ2n) is 3.58. The van der Waals surface area contributed by atoms with Gasteiger partial charge >= 0.3 is 0 Å². The molecule has 1 rings (SSSR count). The van der Waals surface area contributed by atoms with E-state index in [1.54, 1.807) is 6.07 Å². The Kier molecular flexibility index (Phi) is 3.03. The number of hydrogen-bond acceptors (Lipinski definition) is 4. The van der Waals surface area contributed by atoms with Crippen LogP contribution in [-0.2, 0) is 0 Å². The van der Waals surface area contributed by atoms with E-state index in [-0.39, 0.29) is 5.60 Å². The van der Waals surface area contributed by atoms with E-state index >= 15 is 0 Å². The van der Waals surface area contributed by atoms with Crippen molar-refractivity contribution in [1.82, 2.24) is 10.2 Å². The van der Waals surface area contributed by atoms with Crippen LogP contribution >= 0.6 is 0 Å². The number of nitriles is 1. The van der Waals surface area contributed by atoms with E-state index in [2.05, 4.69) is 10.2 Å². The van der Waals surface area contributed by atoms with Crippen LogP contribution in [0.2, 0.25) is 0 Å². The molecule has 0 spiro atoms. The first-order chi connectivity index (χ1) is 6.59. The van der Waals surface area contributed by atoms with Gasteiger partial charge in [-0.3, -0.25) is 0 Å². The summed E-state index contributed by atoms with van der Waals surface area (Å²) in [4.78, 5) is 0. The molecule has 4 nitrogen and oxygen atoms in total. The van der Waals surface area contributed by atoms with Crippen LogP contribution < -0.4 is 4.74 Å². The van der Waals surface area contributed by atoms with Gasteiger partial charge in [0.25, 0.3) is 5.88 Å². The summed E-state index contributed by atoms with van der Waals surface area (Å²) in [6.45, 7) is 5.91. The summed E-state index contributed by atoms with van der Waals surface area (Å²) < 4.78 is 5.58. The van der Waals surface area contributed by atoms with Crippen molar-refractivity contribution in [2.45, 2.75) is 32.8 Å². The van der Waals surface area contributed by atoms with Crippen LogP contribution in [0.4, 0.5) is 0 Å². The molecule has 0 radical (unpaired) electrons. The summed E-state index contributed by atoms with van der Waals surface area (Å²) in [6.07, 6.45) is 2.32. The molecule has 0 saturated carbocycles. The molecule has 0 bridgehead atoms. The zero-order chi connectivity index (χ0) is 10.6. The fourth-order valence-electron chi connectivity index (χ4n) is 0.813. The number of rotatable bonds is 3. The highest BCUT2D eigenvalue weighted by atomic mass is 16.5. The van der Waals surface area contributed by atoms with Gasteiger partial charge in [0.1, 0.15) is 17.2 Å². The zero-order valence-corrected chi connectivity index (χ0v) is 8.61. The molecule has 1 aromatic rings. The molecule has 0 saturated heterocycles. The van der Waals surface area contributed by atoms with E-state index in [1.165, 1.54) is 6.20 Å². The second kappa shape index (κ2) is 4.05. The van der Waals surface area contributed by atoms with Crippen LogP contribution in [-0.4, -0.2) is 15.8 Å². The van der Waals surface area contributed by atoms with Gasteiger partial charge in [-0.05, 0) is 26.3 Å².